The van der Waals surface area contributed by atoms with Crippen LogP contribution in [-0.4, -0.2) is 57.0 Å². The molecule has 1 aromatic rings. The Bertz CT molecular complexity index is 731. The first-order valence-electron chi connectivity index (χ1n) is 9.84. The van der Waals surface area contributed by atoms with Gasteiger partial charge in [0.05, 0.1) is 36.4 Å². The molecule has 1 aliphatic heterocycles. The van der Waals surface area contributed by atoms with Crippen LogP contribution in [0.1, 0.15) is 36.0 Å². The lowest BCUT2D eigenvalue weighted by molar-refractivity contribution is -0.183. The van der Waals surface area contributed by atoms with Crippen LogP contribution in [0.4, 0.5) is 30.5 Å². The van der Waals surface area contributed by atoms with E-state index in [-0.39, 0.29) is 30.7 Å². The molecule has 1 amide bonds. The number of hydrogen-bond acceptors (Lipinski definition) is 6. The van der Waals surface area contributed by atoms with E-state index in [9.17, 15) is 18.0 Å². The van der Waals surface area contributed by atoms with Gasteiger partial charge in [-0.15, -0.1) is 0 Å². The number of aromatic nitrogens is 1. The van der Waals surface area contributed by atoms with Crippen molar-refractivity contribution in [2.24, 2.45) is 11.8 Å². The first-order valence-corrected chi connectivity index (χ1v) is 9.84. The van der Waals surface area contributed by atoms with E-state index in [4.69, 9.17) is 10.5 Å². The van der Waals surface area contributed by atoms with E-state index < -0.39 is 12.1 Å². The molecule has 1 aliphatic carbocycles. The van der Waals surface area contributed by atoms with E-state index in [1.54, 1.807) is 13.1 Å². The summed E-state index contributed by atoms with van der Waals surface area (Å²) < 4.78 is 43.7. The number of carbonyl (C=O) groups excluding carboxylic acids is 1. The van der Waals surface area contributed by atoms with Gasteiger partial charge < -0.3 is 26.0 Å². The second kappa shape index (κ2) is 8.64. The highest BCUT2D eigenvalue weighted by Gasteiger charge is 2.41. The van der Waals surface area contributed by atoms with Gasteiger partial charge in [-0.05, 0) is 37.7 Å². The molecule has 3 rings (SSSR count). The minimum atomic E-state index is -4.13. The van der Waals surface area contributed by atoms with E-state index in [1.807, 2.05) is 11.9 Å². The van der Waals surface area contributed by atoms with Crippen LogP contribution in [0.25, 0.3) is 0 Å². The number of halogens is 3. The van der Waals surface area contributed by atoms with Crippen molar-refractivity contribution in [3.63, 3.8) is 0 Å². The zero-order valence-electron chi connectivity index (χ0n) is 16.7. The zero-order chi connectivity index (χ0) is 21.2. The van der Waals surface area contributed by atoms with Crippen molar-refractivity contribution in [3.8, 4) is 0 Å². The number of carbonyl (C=O) groups is 1. The molecule has 2 aliphatic rings. The number of nitrogen functional groups attached to an aromatic ring is 1. The number of nitrogens with one attached hydrogen (secondary N) is 2. The van der Waals surface area contributed by atoms with Crippen molar-refractivity contribution in [1.29, 1.82) is 0 Å². The molecule has 4 N–H and O–H groups in total. The SMILES string of the molecule is CNc1nc(N(C)C2COC2)c(C(=O)NCC2CCC(C(F)(F)F)CC2)cc1N. The Morgan fingerprint density at radius 3 is 2.48 bits per heavy atom. The molecular weight excluding hydrogens is 387 g/mol. The molecular formula is C19H28F3N5O2. The maximum Gasteiger partial charge on any atom is 0.391 e. The van der Waals surface area contributed by atoms with Crippen LogP contribution in [0.3, 0.4) is 0 Å². The van der Waals surface area contributed by atoms with Crippen molar-refractivity contribution in [2.75, 3.05) is 49.8 Å². The molecule has 0 spiro atoms. The fourth-order valence-corrected chi connectivity index (χ4v) is 3.80. The van der Waals surface area contributed by atoms with Crippen molar-refractivity contribution in [2.45, 2.75) is 37.9 Å². The van der Waals surface area contributed by atoms with Crippen molar-refractivity contribution in [3.05, 3.63) is 11.6 Å². The maximum absolute atomic E-state index is 12.9. The Morgan fingerprint density at radius 1 is 1.31 bits per heavy atom. The molecule has 0 unspecified atom stereocenters. The van der Waals surface area contributed by atoms with Crippen molar-refractivity contribution < 1.29 is 22.7 Å². The Kier molecular flexibility index (Phi) is 6.40. The topological polar surface area (TPSA) is 92.5 Å². The third-order valence-corrected chi connectivity index (χ3v) is 5.88. The van der Waals surface area contributed by atoms with Crippen LogP contribution in [0.2, 0.25) is 0 Å². The van der Waals surface area contributed by atoms with Crippen LogP contribution in [0.15, 0.2) is 6.07 Å². The first-order chi connectivity index (χ1) is 13.7. The zero-order valence-corrected chi connectivity index (χ0v) is 16.7. The van der Waals surface area contributed by atoms with Gasteiger partial charge in [-0.3, -0.25) is 4.79 Å². The second-order valence-corrected chi connectivity index (χ2v) is 7.82. The highest BCUT2D eigenvalue weighted by atomic mass is 19.4. The van der Waals surface area contributed by atoms with E-state index in [0.29, 0.717) is 55.5 Å². The van der Waals surface area contributed by atoms with Crippen LogP contribution in [0.5, 0.6) is 0 Å². The summed E-state index contributed by atoms with van der Waals surface area (Å²) in [4.78, 5) is 19.2. The summed E-state index contributed by atoms with van der Waals surface area (Å²) in [6, 6.07) is 1.71. The average Bonchev–Trinajstić information content (AvgIpc) is 2.64. The molecule has 29 heavy (non-hydrogen) atoms. The van der Waals surface area contributed by atoms with Crippen LogP contribution in [-0.2, 0) is 4.74 Å². The molecule has 0 radical (unpaired) electrons. The monoisotopic (exact) mass is 415 g/mol. The quantitative estimate of drug-likeness (QED) is 0.662. The molecule has 1 saturated carbocycles. The van der Waals surface area contributed by atoms with E-state index in [2.05, 4.69) is 15.6 Å². The van der Waals surface area contributed by atoms with E-state index in [0.717, 1.165) is 0 Å². The lowest BCUT2D eigenvalue weighted by Crippen LogP contribution is -2.48. The fraction of sp³-hybridized carbons (Fsp3) is 0.684. The summed E-state index contributed by atoms with van der Waals surface area (Å²) in [5, 5.41) is 5.78. The molecule has 1 aromatic heterocycles. The van der Waals surface area contributed by atoms with Gasteiger partial charge in [0.25, 0.3) is 5.91 Å². The van der Waals surface area contributed by atoms with Gasteiger partial charge >= 0.3 is 6.18 Å². The predicted molar refractivity (Wildman–Crippen MR) is 105 cm³/mol. The minimum absolute atomic E-state index is 0.0423. The molecule has 0 bridgehead atoms. The number of amides is 1. The van der Waals surface area contributed by atoms with Gasteiger partial charge in [0, 0.05) is 20.6 Å². The summed E-state index contributed by atoms with van der Waals surface area (Å²) in [7, 11) is 3.55. The van der Waals surface area contributed by atoms with Gasteiger partial charge in [0.2, 0.25) is 0 Å². The van der Waals surface area contributed by atoms with Crippen molar-refractivity contribution >= 4 is 23.2 Å². The largest absolute Gasteiger partial charge is 0.396 e. The lowest BCUT2D eigenvalue weighted by atomic mass is 9.81. The Labute approximate surface area is 168 Å². The molecule has 1 saturated heterocycles. The van der Waals surface area contributed by atoms with Gasteiger partial charge in [0.15, 0.2) is 5.82 Å². The molecule has 2 fully saturated rings. The Hall–Kier alpha value is -2.23. The normalized spacial score (nSPS) is 22.7. The summed E-state index contributed by atoms with van der Waals surface area (Å²) >= 11 is 0. The summed E-state index contributed by atoms with van der Waals surface area (Å²) in [6.45, 7) is 1.45. The number of alkyl halides is 3. The number of nitrogens with zero attached hydrogens (tertiary/aromatic N) is 2. The Balaban J connectivity index is 1.66. The molecule has 0 aromatic carbocycles. The number of anilines is 3. The summed E-state index contributed by atoms with van der Waals surface area (Å²) in [5.41, 5.74) is 6.70. The van der Waals surface area contributed by atoms with Gasteiger partial charge in [-0.1, -0.05) is 0 Å². The molecule has 162 valence electrons. The molecule has 2 heterocycles. The lowest BCUT2D eigenvalue weighted by Gasteiger charge is -2.36. The van der Waals surface area contributed by atoms with Crippen LogP contribution < -0.4 is 21.3 Å². The first kappa shape index (κ1) is 21.5. The second-order valence-electron chi connectivity index (χ2n) is 7.82. The number of likely N-dealkylation sites (N-methyl/N-ethyl adjacent to an activating group) is 1. The molecule has 10 heteroatoms. The van der Waals surface area contributed by atoms with Gasteiger partial charge in [0.1, 0.15) is 5.82 Å². The number of ether oxygens (including phenoxy) is 1. The summed E-state index contributed by atoms with van der Waals surface area (Å²) in [6.07, 6.45) is -2.99. The third-order valence-electron chi connectivity index (χ3n) is 5.88. The average molecular weight is 415 g/mol. The minimum Gasteiger partial charge on any atom is -0.396 e. The smallest absolute Gasteiger partial charge is 0.391 e. The highest BCUT2D eigenvalue weighted by molar-refractivity contribution is 6.00. The van der Waals surface area contributed by atoms with E-state index in [1.165, 1.54) is 0 Å². The predicted octanol–water partition coefficient (Wildman–Crippen LogP) is 2.64. The fourth-order valence-electron chi connectivity index (χ4n) is 3.80. The van der Waals surface area contributed by atoms with E-state index >= 15 is 0 Å². The Morgan fingerprint density at radius 2 is 1.97 bits per heavy atom. The number of nitrogens with two attached hydrogens (primary N) is 1. The van der Waals surface area contributed by atoms with Gasteiger partial charge in [-0.2, -0.15) is 13.2 Å². The summed E-state index contributed by atoms with van der Waals surface area (Å²) in [5.74, 6) is -0.533. The third kappa shape index (κ3) is 4.85. The standard InChI is InChI=1S/C19H28F3N5O2/c1-24-16-15(23)7-14(17(26-16)27(2)13-9-29-10-13)18(28)25-8-11-3-5-12(6-4-11)19(20,21)22/h7,11-13H,3-6,8-10,23H2,1-2H3,(H,24,26)(H,25,28). The van der Waals surface area contributed by atoms with Crippen LogP contribution >= 0.6 is 0 Å². The molecule has 7 nitrogen and oxygen atoms in total. The number of pyridine rings is 1. The van der Waals surface area contributed by atoms with Crippen LogP contribution in [0, 0.1) is 11.8 Å². The number of hydrogen-bond donors (Lipinski definition) is 3. The highest BCUT2D eigenvalue weighted by Crippen LogP contribution is 2.39. The maximum atomic E-state index is 12.9. The van der Waals surface area contributed by atoms with Crippen molar-refractivity contribution in [1.82, 2.24) is 10.3 Å². The van der Waals surface area contributed by atoms with Gasteiger partial charge in [-0.25, -0.2) is 4.98 Å². The molecule has 0 atom stereocenters. The number of rotatable bonds is 6.